The Kier molecular flexibility index (Phi) is 4.58. The van der Waals surface area contributed by atoms with Crippen LogP contribution in [0.25, 0.3) is 0 Å². The summed E-state index contributed by atoms with van der Waals surface area (Å²) in [5, 5.41) is 16.3. The summed E-state index contributed by atoms with van der Waals surface area (Å²) >= 11 is 5.25. The van der Waals surface area contributed by atoms with Crippen LogP contribution in [-0.4, -0.2) is 10.2 Å². The quantitative estimate of drug-likeness (QED) is 0.588. The summed E-state index contributed by atoms with van der Waals surface area (Å²) in [5.41, 5.74) is 3.87. The Morgan fingerprint density at radius 1 is 1.10 bits per heavy atom. The molecule has 2 aromatic rings. The van der Waals surface area contributed by atoms with Gasteiger partial charge in [0.05, 0.1) is 5.69 Å². The Morgan fingerprint density at radius 3 is 2.45 bits per heavy atom. The number of rotatable bonds is 3. The van der Waals surface area contributed by atoms with Gasteiger partial charge in [0, 0.05) is 5.69 Å². The molecule has 0 radical (unpaired) electrons. The minimum atomic E-state index is 0.182. The van der Waals surface area contributed by atoms with Crippen LogP contribution in [0.5, 0.6) is 5.75 Å². The van der Waals surface area contributed by atoms with E-state index in [1.165, 1.54) is 5.56 Å². The molecule has 4 heteroatoms. The minimum Gasteiger partial charge on any atom is -0.506 e. The minimum absolute atomic E-state index is 0.182. The van der Waals surface area contributed by atoms with Crippen molar-refractivity contribution in [3.63, 3.8) is 0 Å². The molecule has 0 heterocycles. The average molecular weight is 286 g/mol. The third-order valence-electron chi connectivity index (χ3n) is 3.02. The third-order valence-corrected chi connectivity index (χ3v) is 3.22. The van der Waals surface area contributed by atoms with Crippen molar-refractivity contribution in [2.75, 3.05) is 10.6 Å². The average Bonchev–Trinajstić information content (AvgIpc) is 2.43. The standard InChI is InChI=1S/C16H18N2OS/c1-3-12-5-7-13(8-6-12)17-16(20)18-14-10-11(2)4-9-15(14)19/h4-10,19H,3H2,1-2H3,(H2,17,18,20). The Hall–Kier alpha value is -2.07. The Balaban J connectivity index is 2.03. The van der Waals surface area contributed by atoms with Gasteiger partial charge in [0.1, 0.15) is 5.75 Å². The SMILES string of the molecule is CCc1ccc(NC(=S)Nc2cc(C)ccc2O)cc1. The van der Waals surface area contributed by atoms with E-state index in [4.69, 9.17) is 12.2 Å². The smallest absolute Gasteiger partial charge is 0.175 e. The zero-order chi connectivity index (χ0) is 14.5. The first-order valence-corrected chi connectivity index (χ1v) is 6.96. The highest BCUT2D eigenvalue weighted by Crippen LogP contribution is 2.24. The van der Waals surface area contributed by atoms with Gasteiger partial charge in [-0.25, -0.2) is 0 Å². The van der Waals surface area contributed by atoms with Gasteiger partial charge in [-0.2, -0.15) is 0 Å². The van der Waals surface area contributed by atoms with Crippen LogP contribution in [0, 0.1) is 6.92 Å². The second-order valence-corrected chi connectivity index (χ2v) is 5.06. The maximum absolute atomic E-state index is 9.77. The van der Waals surface area contributed by atoms with Gasteiger partial charge in [-0.15, -0.1) is 0 Å². The van der Waals surface area contributed by atoms with Crippen molar-refractivity contribution in [1.29, 1.82) is 0 Å². The number of nitrogens with one attached hydrogen (secondary N) is 2. The third kappa shape index (κ3) is 3.71. The summed E-state index contributed by atoms with van der Waals surface area (Å²) in [7, 11) is 0. The molecule has 0 atom stereocenters. The molecule has 3 N–H and O–H groups in total. The van der Waals surface area contributed by atoms with E-state index in [1.54, 1.807) is 6.07 Å². The molecule has 0 spiro atoms. The first-order chi connectivity index (χ1) is 9.58. The second-order valence-electron chi connectivity index (χ2n) is 4.65. The van der Waals surface area contributed by atoms with Crippen LogP contribution in [0.3, 0.4) is 0 Å². The maximum Gasteiger partial charge on any atom is 0.175 e. The predicted molar refractivity (Wildman–Crippen MR) is 88.5 cm³/mol. The summed E-state index contributed by atoms with van der Waals surface area (Å²) < 4.78 is 0. The number of aromatic hydroxyl groups is 1. The van der Waals surface area contributed by atoms with Crippen LogP contribution in [-0.2, 0) is 6.42 Å². The van der Waals surface area contributed by atoms with E-state index < -0.39 is 0 Å². The molecule has 0 aliphatic rings. The maximum atomic E-state index is 9.77. The van der Waals surface area contributed by atoms with Crippen LogP contribution in [0.1, 0.15) is 18.1 Å². The molecule has 2 aromatic carbocycles. The van der Waals surface area contributed by atoms with Crippen LogP contribution in [0.15, 0.2) is 42.5 Å². The lowest BCUT2D eigenvalue weighted by molar-refractivity contribution is 0.478. The van der Waals surface area contributed by atoms with Crippen molar-refractivity contribution in [2.24, 2.45) is 0 Å². The molecule has 0 bridgehead atoms. The van der Waals surface area contributed by atoms with Gasteiger partial charge in [-0.1, -0.05) is 25.1 Å². The molecule has 0 fully saturated rings. The number of hydrogen-bond donors (Lipinski definition) is 3. The number of hydrogen-bond acceptors (Lipinski definition) is 2. The van der Waals surface area contributed by atoms with Gasteiger partial charge in [-0.05, 0) is 61.0 Å². The summed E-state index contributed by atoms with van der Waals surface area (Å²) in [4.78, 5) is 0. The van der Waals surface area contributed by atoms with Crippen LogP contribution >= 0.6 is 12.2 Å². The monoisotopic (exact) mass is 286 g/mol. The Labute approximate surface area is 124 Å². The molecule has 0 unspecified atom stereocenters. The van der Waals surface area contributed by atoms with E-state index >= 15 is 0 Å². The fourth-order valence-electron chi connectivity index (χ4n) is 1.86. The fourth-order valence-corrected chi connectivity index (χ4v) is 2.09. The van der Waals surface area contributed by atoms with E-state index in [-0.39, 0.29) is 5.75 Å². The molecule has 0 aliphatic carbocycles. The number of thiocarbonyl (C=S) groups is 1. The first kappa shape index (κ1) is 14.3. The molecule has 3 nitrogen and oxygen atoms in total. The van der Waals surface area contributed by atoms with Crippen molar-refractivity contribution >= 4 is 28.7 Å². The fraction of sp³-hybridized carbons (Fsp3) is 0.188. The summed E-state index contributed by atoms with van der Waals surface area (Å²) in [6.45, 7) is 4.08. The van der Waals surface area contributed by atoms with Gasteiger partial charge in [-0.3, -0.25) is 0 Å². The lowest BCUT2D eigenvalue weighted by Gasteiger charge is -2.12. The molecular formula is C16H18N2OS. The normalized spacial score (nSPS) is 10.1. The van der Waals surface area contributed by atoms with Gasteiger partial charge >= 0.3 is 0 Å². The molecule has 2 rings (SSSR count). The summed E-state index contributed by atoms with van der Waals surface area (Å²) in [6.07, 6.45) is 1.01. The number of phenolic OH excluding ortho intramolecular Hbond substituents is 1. The van der Waals surface area contributed by atoms with Crippen molar-refractivity contribution in [1.82, 2.24) is 0 Å². The highest BCUT2D eigenvalue weighted by atomic mass is 32.1. The van der Waals surface area contributed by atoms with Gasteiger partial charge in [0.15, 0.2) is 5.11 Å². The van der Waals surface area contributed by atoms with Crippen molar-refractivity contribution in [2.45, 2.75) is 20.3 Å². The van der Waals surface area contributed by atoms with Crippen molar-refractivity contribution in [3.05, 3.63) is 53.6 Å². The topological polar surface area (TPSA) is 44.3 Å². The van der Waals surface area contributed by atoms with E-state index in [0.717, 1.165) is 17.7 Å². The van der Waals surface area contributed by atoms with Crippen LogP contribution < -0.4 is 10.6 Å². The largest absolute Gasteiger partial charge is 0.506 e. The van der Waals surface area contributed by atoms with Gasteiger partial charge in [0.25, 0.3) is 0 Å². The molecule has 0 aliphatic heterocycles. The predicted octanol–water partition coefficient (Wildman–Crippen LogP) is 4.07. The van der Waals surface area contributed by atoms with E-state index in [9.17, 15) is 5.11 Å². The second kappa shape index (κ2) is 6.39. The van der Waals surface area contributed by atoms with E-state index in [0.29, 0.717) is 10.8 Å². The van der Waals surface area contributed by atoms with Crippen molar-refractivity contribution in [3.8, 4) is 5.75 Å². The Bertz CT molecular complexity index is 608. The molecule has 0 saturated carbocycles. The summed E-state index contributed by atoms with van der Waals surface area (Å²) in [6, 6.07) is 13.5. The highest BCUT2D eigenvalue weighted by Gasteiger charge is 2.04. The lowest BCUT2D eigenvalue weighted by atomic mass is 10.1. The zero-order valence-corrected chi connectivity index (χ0v) is 12.4. The van der Waals surface area contributed by atoms with Gasteiger partial charge < -0.3 is 15.7 Å². The highest BCUT2D eigenvalue weighted by molar-refractivity contribution is 7.80. The van der Waals surface area contributed by atoms with Gasteiger partial charge in [0.2, 0.25) is 0 Å². The molecule has 104 valence electrons. The Morgan fingerprint density at radius 2 is 1.80 bits per heavy atom. The molecule has 0 aromatic heterocycles. The zero-order valence-electron chi connectivity index (χ0n) is 11.6. The van der Waals surface area contributed by atoms with E-state index in [2.05, 4.69) is 29.7 Å². The lowest BCUT2D eigenvalue weighted by Crippen LogP contribution is -2.19. The number of aryl methyl sites for hydroxylation is 2. The molecular weight excluding hydrogens is 268 g/mol. The number of phenols is 1. The molecule has 0 saturated heterocycles. The van der Waals surface area contributed by atoms with Crippen LogP contribution in [0.2, 0.25) is 0 Å². The molecule has 0 amide bonds. The molecule has 20 heavy (non-hydrogen) atoms. The summed E-state index contributed by atoms with van der Waals surface area (Å²) in [5.74, 6) is 0.182. The van der Waals surface area contributed by atoms with Crippen molar-refractivity contribution < 1.29 is 5.11 Å². The van der Waals surface area contributed by atoms with Crippen LogP contribution in [0.4, 0.5) is 11.4 Å². The number of benzene rings is 2. The number of anilines is 2. The first-order valence-electron chi connectivity index (χ1n) is 6.55. The van der Waals surface area contributed by atoms with E-state index in [1.807, 2.05) is 31.2 Å².